The lowest BCUT2D eigenvalue weighted by Crippen LogP contribution is -2.65. The summed E-state index contributed by atoms with van der Waals surface area (Å²) in [4.78, 5) is 7.65. The maximum absolute atomic E-state index is 17.3. The van der Waals surface area contributed by atoms with Crippen molar-refractivity contribution in [2.75, 3.05) is 19.6 Å². The van der Waals surface area contributed by atoms with Gasteiger partial charge in [0.05, 0.1) is 11.4 Å². The Labute approximate surface area is 367 Å². The van der Waals surface area contributed by atoms with Crippen molar-refractivity contribution >= 4 is 114 Å². The molecule has 0 N–H and O–H groups in total. The molecule has 0 saturated carbocycles. The van der Waals surface area contributed by atoms with Crippen LogP contribution in [0.15, 0.2) is 194 Å². The first-order valence-electron chi connectivity index (χ1n) is 21.3. The molecule has 302 valence electrons. The van der Waals surface area contributed by atoms with E-state index < -0.39 is 36.7 Å². The third-order valence-electron chi connectivity index (χ3n) is 13.2. The van der Waals surface area contributed by atoms with Crippen LogP contribution in [0.4, 0.5) is 85.8 Å². The minimum Gasteiger partial charge on any atom is -0.311 e. The maximum atomic E-state index is 17.3. The number of hydrogen-bond donors (Lipinski definition) is 0. The minimum atomic E-state index is -0.984. The average molecular weight is 834 g/mol. The first-order valence-corrected chi connectivity index (χ1v) is 21.3. The second-order valence-corrected chi connectivity index (χ2v) is 16.5. The normalized spacial score (nSPS) is 13.8. The number of rotatable bonds is 4. The van der Waals surface area contributed by atoms with Crippen LogP contribution in [-0.4, -0.2) is 13.4 Å². The third kappa shape index (κ3) is 5.02. The van der Waals surface area contributed by atoms with Gasteiger partial charge in [0, 0.05) is 69.0 Å². The highest BCUT2D eigenvalue weighted by Crippen LogP contribution is 2.50. The van der Waals surface area contributed by atoms with Gasteiger partial charge in [-0.1, -0.05) is 115 Å². The van der Waals surface area contributed by atoms with Crippen molar-refractivity contribution in [1.29, 1.82) is 0 Å². The van der Waals surface area contributed by atoms with Crippen LogP contribution in [0.3, 0.4) is 0 Å². The number of fused-ring (bicyclic) bond motifs is 8. The predicted molar refractivity (Wildman–Crippen MR) is 254 cm³/mol. The van der Waals surface area contributed by atoms with E-state index in [1.54, 1.807) is 9.80 Å². The van der Waals surface area contributed by atoms with E-state index in [2.05, 4.69) is 18.2 Å². The zero-order valence-electron chi connectivity index (χ0n) is 33.9. The van der Waals surface area contributed by atoms with Gasteiger partial charge in [-0.3, -0.25) is 0 Å². The molecule has 64 heavy (non-hydrogen) atoms. The lowest BCUT2D eigenvalue weighted by Gasteiger charge is -2.47. The van der Waals surface area contributed by atoms with Gasteiger partial charge in [0.2, 0.25) is 0 Å². The molecule has 0 atom stereocenters. The smallest absolute Gasteiger partial charge is 0.252 e. The van der Waals surface area contributed by atoms with Crippen LogP contribution in [0.5, 0.6) is 0 Å². The van der Waals surface area contributed by atoms with Crippen molar-refractivity contribution in [1.82, 2.24) is 0 Å². The first-order chi connectivity index (χ1) is 31.5. The van der Waals surface area contributed by atoms with Crippen molar-refractivity contribution in [3.05, 3.63) is 217 Å². The minimum absolute atomic E-state index is 0.0950. The Morgan fingerprint density at radius 1 is 0.281 bits per heavy atom. The zero-order chi connectivity index (χ0) is 42.8. The Hall–Kier alpha value is -7.97. The van der Waals surface area contributed by atoms with Crippen LogP contribution in [0.2, 0.25) is 0 Å². The first kappa shape index (κ1) is 36.7. The van der Waals surface area contributed by atoms with Crippen LogP contribution >= 0.6 is 0 Å². The number of hydrogen-bond acceptors (Lipinski definition) is 4. The summed E-state index contributed by atoms with van der Waals surface area (Å²) in [5.74, 6) is -3.93. The molecule has 0 unspecified atom stereocenters. The van der Waals surface area contributed by atoms with Crippen LogP contribution in [-0.2, 0) is 0 Å². The monoisotopic (exact) mass is 834 g/mol. The van der Waals surface area contributed by atoms with Crippen LogP contribution in [0.1, 0.15) is 0 Å². The molecule has 0 aromatic heterocycles. The standard InChI is InChI=1S/C54H32B2F4N4/c57-41-30-47-49-53(51(41)59)63(35-21-9-3-10-22-35)45-32-46-40(29-39(45)55(49)37-25-13-15-27-43(37)61(47)33-17-5-1-6-18-33)56-38-26-14-16-28-44(38)62(34-19-7-2-8-20-34)48-31-42(58)52(60)54(50(48)56)64(46)36-23-11-4-12-24-36/h1-32H. The number of nitrogens with zero attached hydrogens (tertiary/aromatic N) is 4. The molecule has 0 amide bonds. The summed E-state index contributed by atoms with van der Waals surface area (Å²) >= 11 is 0. The second-order valence-electron chi connectivity index (χ2n) is 16.5. The Bertz CT molecular complexity index is 3150. The Morgan fingerprint density at radius 2 is 0.609 bits per heavy atom. The Morgan fingerprint density at radius 3 is 0.984 bits per heavy atom. The summed E-state index contributed by atoms with van der Waals surface area (Å²) in [6.07, 6.45) is 0. The van der Waals surface area contributed by atoms with E-state index in [-0.39, 0.29) is 11.4 Å². The fourth-order valence-corrected chi connectivity index (χ4v) is 10.8. The van der Waals surface area contributed by atoms with Gasteiger partial charge in [-0.15, -0.1) is 0 Å². The summed E-state index contributed by atoms with van der Waals surface area (Å²) in [6.45, 7) is -1.10. The molecule has 9 aromatic carbocycles. The third-order valence-corrected chi connectivity index (χ3v) is 13.2. The highest BCUT2D eigenvalue weighted by molar-refractivity contribution is 7.03. The Kier molecular flexibility index (Phi) is 7.89. The van der Waals surface area contributed by atoms with Crippen molar-refractivity contribution in [3.63, 3.8) is 0 Å². The summed E-state index contributed by atoms with van der Waals surface area (Å²) in [5.41, 5.74) is 11.8. The Balaban J connectivity index is 1.17. The zero-order valence-corrected chi connectivity index (χ0v) is 33.9. The van der Waals surface area contributed by atoms with Gasteiger partial charge >= 0.3 is 0 Å². The molecule has 0 radical (unpaired) electrons. The van der Waals surface area contributed by atoms with E-state index in [0.717, 1.165) is 44.6 Å². The molecule has 4 nitrogen and oxygen atoms in total. The lowest BCUT2D eigenvalue weighted by atomic mass is 9.30. The SMILES string of the molecule is Fc1cc2c3c(c1F)N(c1ccccc1)c1cc4c(cc1B3c1ccccc1N2c1ccccc1)B1c2ccccc2N(c2ccccc2)c2cc(F)c(F)c(c21)N4c1ccccc1. The quantitative estimate of drug-likeness (QED) is 0.129. The highest BCUT2D eigenvalue weighted by atomic mass is 19.2. The largest absolute Gasteiger partial charge is 0.311 e. The number of benzene rings is 9. The van der Waals surface area contributed by atoms with Gasteiger partial charge < -0.3 is 19.6 Å². The van der Waals surface area contributed by atoms with Gasteiger partial charge in [-0.2, -0.15) is 0 Å². The van der Waals surface area contributed by atoms with Crippen molar-refractivity contribution in [2.24, 2.45) is 0 Å². The molecule has 13 rings (SSSR count). The topological polar surface area (TPSA) is 13.0 Å². The fraction of sp³-hybridized carbons (Fsp3) is 0. The van der Waals surface area contributed by atoms with E-state index in [4.69, 9.17) is 0 Å². The number of anilines is 12. The highest BCUT2D eigenvalue weighted by Gasteiger charge is 2.50. The van der Waals surface area contributed by atoms with E-state index in [9.17, 15) is 0 Å². The molecule has 0 fully saturated rings. The average Bonchev–Trinajstić information content (AvgIpc) is 3.34. The number of para-hydroxylation sites is 6. The molecule has 0 aliphatic carbocycles. The van der Waals surface area contributed by atoms with E-state index in [1.807, 2.05) is 174 Å². The van der Waals surface area contributed by atoms with E-state index in [1.165, 1.54) is 12.1 Å². The molecular formula is C54H32B2F4N4. The van der Waals surface area contributed by atoms with Crippen LogP contribution < -0.4 is 52.4 Å². The molecule has 4 aliphatic rings. The van der Waals surface area contributed by atoms with Gasteiger partial charge in [0.15, 0.2) is 23.3 Å². The summed E-state index contributed by atoms with van der Waals surface area (Å²) in [5, 5.41) is 0. The summed E-state index contributed by atoms with van der Waals surface area (Å²) in [7, 11) is 0. The molecule has 4 heterocycles. The second kappa shape index (κ2) is 13.8. The van der Waals surface area contributed by atoms with Crippen molar-refractivity contribution in [2.45, 2.75) is 0 Å². The fourth-order valence-electron chi connectivity index (χ4n) is 10.8. The van der Waals surface area contributed by atoms with Crippen LogP contribution in [0, 0.1) is 23.3 Å². The lowest BCUT2D eigenvalue weighted by molar-refractivity contribution is 0.511. The number of halogens is 4. The molecule has 0 bridgehead atoms. The van der Waals surface area contributed by atoms with Gasteiger partial charge in [0.1, 0.15) is 0 Å². The van der Waals surface area contributed by atoms with E-state index in [0.29, 0.717) is 45.0 Å². The molecular weight excluding hydrogens is 802 g/mol. The predicted octanol–water partition coefficient (Wildman–Crippen LogP) is 10.4. The van der Waals surface area contributed by atoms with Crippen LogP contribution in [0.25, 0.3) is 0 Å². The molecule has 0 saturated heterocycles. The summed E-state index contributed by atoms with van der Waals surface area (Å²) < 4.78 is 67.7. The van der Waals surface area contributed by atoms with Crippen molar-refractivity contribution in [3.8, 4) is 0 Å². The van der Waals surface area contributed by atoms with Crippen molar-refractivity contribution < 1.29 is 17.6 Å². The molecule has 4 aliphatic heterocycles. The summed E-state index contributed by atoms with van der Waals surface area (Å²) in [6, 6.07) is 61.2. The molecule has 9 aromatic rings. The van der Waals surface area contributed by atoms with E-state index >= 15 is 17.6 Å². The molecule has 0 spiro atoms. The van der Waals surface area contributed by atoms with Gasteiger partial charge in [0.25, 0.3) is 13.4 Å². The molecule has 10 heteroatoms. The maximum Gasteiger partial charge on any atom is 0.252 e. The van der Waals surface area contributed by atoms with Gasteiger partial charge in [-0.25, -0.2) is 17.6 Å². The van der Waals surface area contributed by atoms with Gasteiger partial charge in [-0.05, 0) is 99.5 Å².